The van der Waals surface area contributed by atoms with Gasteiger partial charge in [-0.2, -0.15) is 0 Å². The summed E-state index contributed by atoms with van der Waals surface area (Å²) < 4.78 is 12.8. The summed E-state index contributed by atoms with van der Waals surface area (Å²) in [5.41, 5.74) is 8.71. The van der Waals surface area contributed by atoms with Gasteiger partial charge in [0.1, 0.15) is 24.7 Å². The summed E-state index contributed by atoms with van der Waals surface area (Å²) in [6.07, 6.45) is 0. The predicted octanol–water partition coefficient (Wildman–Crippen LogP) is 8.14. The van der Waals surface area contributed by atoms with Crippen molar-refractivity contribution >= 4 is 11.9 Å². The molecule has 5 aromatic rings. The van der Waals surface area contributed by atoms with E-state index in [2.05, 4.69) is 41.8 Å². The number of hydrogen-bond donors (Lipinski definition) is 1. The lowest BCUT2D eigenvalue weighted by Crippen LogP contribution is -2.45. The molecule has 2 heterocycles. The molecule has 1 amide bonds. The zero-order chi connectivity index (χ0) is 36.7. The first kappa shape index (κ1) is 35.9. The maximum absolute atomic E-state index is 14.4. The molecule has 5 aromatic carbocycles. The Morgan fingerprint density at radius 3 is 1.75 bits per heavy atom. The van der Waals surface area contributed by atoms with Crippen LogP contribution >= 0.6 is 0 Å². The van der Waals surface area contributed by atoms with E-state index >= 15 is 0 Å². The van der Waals surface area contributed by atoms with Gasteiger partial charge < -0.3 is 19.5 Å². The number of nitrogens with zero attached hydrogens (tertiary/aromatic N) is 3. The van der Waals surface area contributed by atoms with Gasteiger partial charge in [-0.3, -0.25) is 14.6 Å². The number of carbonyl (C=O) groups excluding carboxylic acids is 1. The van der Waals surface area contributed by atoms with Crippen molar-refractivity contribution in [1.29, 1.82) is 0 Å². The van der Waals surface area contributed by atoms with E-state index in [4.69, 9.17) is 9.47 Å². The topological polar surface area (TPSA) is 82.6 Å². The minimum absolute atomic E-state index is 0.0453. The van der Waals surface area contributed by atoms with Gasteiger partial charge in [-0.25, -0.2) is 4.79 Å². The van der Waals surface area contributed by atoms with Crippen LogP contribution in [0.3, 0.4) is 0 Å². The molecule has 8 nitrogen and oxygen atoms in total. The van der Waals surface area contributed by atoms with Gasteiger partial charge >= 0.3 is 5.97 Å². The quantitative estimate of drug-likeness (QED) is 0.132. The van der Waals surface area contributed by atoms with Crippen LogP contribution in [0.5, 0.6) is 11.5 Å². The minimum Gasteiger partial charge on any atom is -0.488 e. The number of carboxylic acids is 1. The fourth-order valence-corrected chi connectivity index (χ4v) is 7.15. The molecule has 0 radical (unpaired) electrons. The molecule has 2 aliphatic rings. The Morgan fingerprint density at radius 1 is 0.623 bits per heavy atom. The summed E-state index contributed by atoms with van der Waals surface area (Å²) >= 11 is 0. The summed E-state index contributed by atoms with van der Waals surface area (Å²) in [6, 6.07) is 37.8. The number of carbonyl (C=O) groups is 2. The third kappa shape index (κ3) is 8.96. The first-order valence-corrected chi connectivity index (χ1v) is 18.5. The smallest absolute Gasteiger partial charge is 0.335 e. The molecule has 0 aliphatic carbocycles. The van der Waals surface area contributed by atoms with Crippen LogP contribution in [0.4, 0.5) is 0 Å². The van der Waals surface area contributed by atoms with Gasteiger partial charge in [0.05, 0.1) is 11.1 Å². The molecule has 53 heavy (non-hydrogen) atoms. The van der Waals surface area contributed by atoms with Gasteiger partial charge in [-0.15, -0.1) is 0 Å². The zero-order valence-electron chi connectivity index (χ0n) is 30.5. The standard InChI is InChI=1S/C45H47N3O5/c1-32(2)40-24-41(43(53-31-35-11-7-4-8-12-35)25-42(40)52-30-34-9-5-3-6-10-34)44(49)48-28-38-18-15-36(23-39(38)29-48)27-47-21-19-46(20-22-47)26-33-13-16-37(17-14-33)45(50)51/h3-18,23-25,32H,19-22,26-31H2,1-2H3,(H,50,51). The van der Waals surface area contributed by atoms with E-state index in [1.165, 1.54) is 16.7 Å². The number of benzene rings is 5. The van der Waals surface area contributed by atoms with E-state index < -0.39 is 5.97 Å². The van der Waals surface area contributed by atoms with Gasteiger partial charge in [0.25, 0.3) is 5.91 Å². The molecule has 0 unspecified atom stereocenters. The summed E-state index contributed by atoms with van der Waals surface area (Å²) in [5.74, 6) is 0.453. The summed E-state index contributed by atoms with van der Waals surface area (Å²) in [5, 5.41) is 9.18. The molecule has 0 atom stereocenters. The molecule has 0 aromatic heterocycles. The highest BCUT2D eigenvalue weighted by Gasteiger charge is 2.29. The molecular weight excluding hydrogens is 663 g/mol. The largest absolute Gasteiger partial charge is 0.488 e. The minimum atomic E-state index is -0.898. The number of amides is 1. The lowest BCUT2D eigenvalue weighted by molar-refractivity contribution is 0.0695. The number of ether oxygens (including phenoxy) is 2. The molecule has 8 heteroatoms. The van der Waals surface area contributed by atoms with Crippen LogP contribution in [0.15, 0.2) is 115 Å². The number of aromatic carboxylic acids is 1. The monoisotopic (exact) mass is 709 g/mol. The van der Waals surface area contributed by atoms with Crippen molar-refractivity contribution in [2.45, 2.75) is 59.2 Å². The van der Waals surface area contributed by atoms with Crippen LogP contribution in [0.25, 0.3) is 0 Å². The van der Waals surface area contributed by atoms with Crippen molar-refractivity contribution in [1.82, 2.24) is 14.7 Å². The molecule has 1 saturated heterocycles. The SMILES string of the molecule is CC(C)c1cc(C(=O)N2Cc3ccc(CN4CCN(Cc5ccc(C(=O)O)cc5)CC4)cc3C2)c(OCc2ccccc2)cc1OCc1ccccc1. The maximum atomic E-state index is 14.4. The Morgan fingerprint density at radius 2 is 1.17 bits per heavy atom. The van der Waals surface area contributed by atoms with Crippen LogP contribution < -0.4 is 9.47 Å². The van der Waals surface area contributed by atoms with Gasteiger partial charge in [-0.05, 0) is 63.1 Å². The van der Waals surface area contributed by atoms with Gasteiger partial charge in [0.15, 0.2) is 0 Å². The zero-order valence-corrected chi connectivity index (χ0v) is 30.5. The number of carboxylic acid groups (broad SMARTS) is 1. The lowest BCUT2D eigenvalue weighted by atomic mass is 9.98. The van der Waals surface area contributed by atoms with Crippen molar-refractivity contribution in [3.8, 4) is 11.5 Å². The highest BCUT2D eigenvalue weighted by Crippen LogP contribution is 2.37. The molecular formula is C45H47N3O5. The normalized spacial score (nSPS) is 14.7. The molecule has 7 rings (SSSR count). The van der Waals surface area contributed by atoms with E-state index in [9.17, 15) is 14.7 Å². The molecule has 0 bridgehead atoms. The number of hydrogen-bond acceptors (Lipinski definition) is 6. The van der Waals surface area contributed by atoms with Crippen molar-refractivity contribution in [3.05, 3.63) is 165 Å². The molecule has 2 aliphatic heterocycles. The van der Waals surface area contributed by atoms with Crippen LogP contribution in [-0.2, 0) is 39.4 Å². The highest BCUT2D eigenvalue weighted by atomic mass is 16.5. The predicted molar refractivity (Wildman–Crippen MR) is 206 cm³/mol. The number of rotatable bonds is 13. The maximum Gasteiger partial charge on any atom is 0.335 e. The lowest BCUT2D eigenvalue weighted by Gasteiger charge is -2.34. The van der Waals surface area contributed by atoms with Crippen LogP contribution in [0, 0.1) is 0 Å². The van der Waals surface area contributed by atoms with Crippen LogP contribution in [-0.4, -0.2) is 57.9 Å². The average Bonchev–Trinajstić information content (AvgIpc) is 3.61. The third-order valence-electron chi connectivity index (χ3n) is 10.2. The summed E-state index contributed by atoms with van der Waals surface area (Å²) in [4.78, 5) is 32.4. The Bertz CT molecular complexity index is 2020. The Hall–Kier alpha value is -5.44. The third-order valence-corrected chi connectivity index (χ3v) is 10.2. The van der Waals surface area contributed by atoms with E-state index in [1.54, 1.807) is 12.1 Å². The fourth-order valence-electron chi connectivity index (χ4n) is 7.15. The van der Waals surface area contributed by atoms with Crippen molar-refractivity contribution in [2.75, 3.05) is 26.2 Å². The second-order valence-corrected chi connectivity index (χ2v) is 14.4. The second kappa shape index (κ2) is 16.5. The van der Waals surface area contributed by atoms with Crippen molar-refractivity contribution in [2.24, 2.45) is 0 Å². The van der Waals surface area contributed by atoms with Crippen LogP contribution in [0.2, 0.25) is 0 Å². The number of fused-ring (bicyclic) bond motifs is 1. The first-order valence-electron chi connectivity index (χ1n) is 18.5. The molecule has 0 spiro atoms. The fraction of sp³-hybridized carbons (Fsp3) is 0.289. The van der Waals surface area contributed by atoms with Crippen molar-refractivity contribution in [3.63, 3.8) is 0 Å². The Labute approximate surface area is 312 Å². The Kier molecular flexibility index (Phi) is 11.2. The first-order chi connectivity index (χ1) is 25.8. The summed E-state index contributed by atoms with van der Waals surface area (Å²) in [6.45, 7) is 11.6. The second-order valence-electron chi connectivity index (χ2n) is 14.4. The van der Waals surface area contributed by atoms with Gasteiger partial charge in [-0.1, -0.05) is 105 Å². The van der Waals surface area contributed by atoms with E-state index in [0.717, 1.165) is 67.3 Å². The van der Waals surface area contributed by atoms with Gasteiger partial charge in [0, 0.05) is 58.4 Å². The number of piperazine rings is 1. The van der Waals surface area contributed by atoms with Gasteiger partial charge in [0.2, 0.25) is 0 Å². The molecule has 0 saturated carbocycles. The van der Waals surface area contributed by atoms with E-state index in [0.29, 0.717) is 43.2 Å². The molecule has 1 fully saturated rings. The average molecular weight is 710 g/mol. The van der Waals surface area contributed by atoms with Crippen LogP contribution in [0.1, 0.15) is 79.4 Å². The Balaban J connectivity index is 1.02. The van der Waals surface area contributed by atoms with E-state index in [-0.39, 0.29) is 11.8 Å². The highest BCUT2D eigenvalue weighted by molar-refractivity contribution is 5.98. The van der Waals surface area contributed by atoms with E-state index in [1.807, 2.05) is 89.8 Å². The van der Waals surface area contributed by atoms with Crippen molar-refractivity contribution < 1.29 is 24.2 Å². The summed E-state index contributed by atoms with van der Waals surface area (Å²) in [7, 11) is 0. The molecule has 1 N–H and O–H groups in total. The molecule has 272 valence electrons.